The van der Waals surface area contributed by atoms with Gasteiger partial charge in [0.2, 0.25) is 5.91 Å². The number of unbranched alkanes of at least 4 members (excludes halogenated alkanes) is 1. The summed E-state index contributed by atoms with van der Waals surface area (Å²) in [5.41, 5.74) is 3.68. The Morgan fingerprint density at radius 1 is 1.31 bits per heavy atom. The molecule has 0 fully saturated rings. The molecule has 1 aromatic heterocycles. The molecule has 0 saturated carbocycles. The van der Waals surface area contributed by atoms with Crippen LogP contribution in [-0.4, -0.2) is 34.6 Å². The molecule has 1 heterocycles. The van der Waals surface area contributed by atoms with Gasteiger partial charge >= 0.3 is 0 Å². The van der Waals surface area contributed by atoms with Crippen molar-refractivity contribution >= 4 is 17.5 Å². The number of amides is 1. The molecule has 1 amide bonds. The van der Waals surface area contributed by atoms with Crippen molar-refractivity contribution < 1.29 is 18.8 Å². The van der Waals surface area contributed by atoms with Gasteiger partial charge in [0.1, 0.15) is 11.6 Å². The predicted octanol–water partition coefficient (Wildman–Crippen LogP) is 4.29. The number of aryl methyl sites for hydroxylation is 1. The maximum Gasteiger partial charge on any atom is 0.246 e. The van der Waals surface area contributed by atoms with E-state index in [0.717, 1.165) is 30.6 Å². The Labute approximate surface area is 174 Å². The second kappa shape index (κ2) is 11.2. The number of carbonyl (C=O) groups excluding carboxylic acids is 1. The molecule has 1 atom stereocenters. The van der Waals surface area contributed by atoms with Gasteiger partial charge in [-0.1, -0.05) is 24.1 Å². The van der Waals surface area contributed by atoms with Crippen LogP contribution in [0.2, 0.25) is 5.02 Å². The number of carbonyl (C=O) groups is 1. The molecule has 0 saturated heterocycles. The summed E-state index contributed by atoms with van der Waals surface area (Å²) in [5.74, 6) is -1.73. The average Bonchev–Trinajstić information content (AvgIpc) is 2.69. The van der Waals surface area contributed by atoms with Gasteiger partial charge < -0.3 is 4.90 Å². The Balaban J connectivity index is 1.84. The highest BCUT2D eigenvalue weighted by molar-refractivity contribution is 6.30. The van der Waals surface area contributed by atoms with E-state index in [2.05, 4.69) is 9.88 Å². The number of pyridine rings is 1. The topological polar surface area (TPSA) is 65.5 Å². The molecule has 0 aliphatic carbocycles. The zero-order chi connectivity index (χ0) is 21.4. The number of hydrogen-bond acceptors (Lipinski definition) is 4. The number of aromatic nitrogens is 1. The Kier molecular flexibility index (Phi) is 8.95. The summed E-state index contributed by atoms with van der Waals surface area (Å²) in [6.07, 6.45) is 3.75. The van der Waals surface area contributed by atoms with Gasteiger partial charge in [0.25, 0.3) is 0 Å². The molecule has 0 unspecified atom stereocenters. The molecule has 0 radical (unpaired) electrons. The van der Waals surface area contributed by atoms with Crippen LogP contribution >= 0.6 is 11.6 Å². The van der Waals surface area contributed by atoms with Gasteiger partial charge in [0.15, 0.2) is 0 Å². The first-order valence-corrected chi connectivity index (χ1v) is 9.85. The van der Waals surface area contributed by atoms with Gasteiger partial charge in [-0.25, -0.2) is 14.3 Å². The van der Waals surface area contributed by atoms with Crippen molar-refractivity contribution in [1.29, 1.82) is 0 Å². The van der Waals surface area contributed by atoms with Crippen LogP contribution in [0.15, 0.2) is 30.5 Å². The lowest BCUT2D eigenvalue weighted by atomic mass is 9.92. The van der Waals surface area contributed by atoms with Gasteiger partial charge in [-0.05, 0) is 69.1 Å². The van der Waals surface area contributed by atoms with Crippen LogP contribution in [0.5, 0.6) is 0 Å². The summed E-state index contributed by atoms with van der Waals surface area (Å²) in [6, 6.07) is 6.23. The van der Waals surface area contributed by atoms with E-state index in [9.17, 15) is 13.6 Å². The van der Waals surface area contributed by atoms with Crippen LogP contribution in [0.1, 0.15) is 36.1 Å². The van der Waals surface area contributed by atoms with E-state index in [-0.39, 0.29) is 10.8 Å². The lowest BCUT2D eigenvalue weighted by molar-refractivity contribution is -0.133. The summed E-state index contributed by atoms with van der Waals surface area (Å²) in [4.78, 5) is 18.1. The minimum absolute atomic E-state index is 0.0270. The smallest absolute Gasteiger partial charge is 0.246 e. The quantitative estimate of drug-likeness (QED) is 0.338. The van der Waals surface area contributed by atoms with Crippen LogP contribution in [0.25, 0.3) is 0 Å². The summed E-state index contributed by atoms with van der Waals surface area (Å²) in [7, 11) is 1.95. The molecule has 8 heteroatoms. The summed E-state index contributed by atoms with van der Waals surface area (Å²) < 4.78 is 26.6. The fourth-order valence-corrected chi connectivity index (χ4v) is 3.53. The normalized spacial score (nSPS) is 12.2. The minimum Gasteiger partial charge on any atom is -0.301 e. The van der Waals surface area contributed by atoms with E-state index in [0.29, 0.717) is 24.9 Å². The van der Waals surface area contributed by atoms with E-state index >= 15 is 0 Å². The predicted molar refractivity (Wildman–Crippen MR) is 108 cm³/mol. The highest BCUT2D eigenvalue weighted by Crippen LogP contribution is 2.24. The molecule has 0 aliphatic heterocycles. The first-order valence-electron chi connectivity index (χ1n) is 9.47. The highest BCUT2D eigenvalue weighted by atomic mass is 35.5. The van der Waals surface area contributed by atoms with Crippen LogP contribution in [0.3, 0.4) is 0 Å². The van der Waals surface area contributed by atoms with E-state index in [1.54, 1.807) is 24.5 Å². The highest BCUT2D eigenvalue weighted by Gasteiger charge is 2.19. The first kappa shape index (κ1) is 23.2. The van der Waals surface area contributed by atoms with E-state index in [1.165, 1.54) is 18.3 Å². The fourth-order valence-electron chi connectivity index (χ4n) is 3.25. The molecule has 2 N–H and O–H groups in total. The summed E-state index contributed by atoms with van der Waals surface area (Å²) >= 11 is 5.90. The molecular weight excluding hydrogens is 400 g/mol. The number of hydrogen-bond donors (Lipinski definition) is 2. The van der Waals surface area contributed by atoms with Crippen molar-refractivity contribution in [1.82, 2.24) is 15.4 Å². The monoisotopic (exact) mass is 425 g/mol. The molecule has 0 spiro atoms. The lowest BCUT2D eigenvalue weighted by Crippen LogP contribution is -2.29. The molecule has 0 aliphatic rings. The number of benzene rings is 1. The number of rotatable bonds is 10. The third kappa shape index (κ3) is 7.34. The number of hydroxylamine groups is 1. The van der Waals surface area contributed by atoms with Crippen molar-refractivity contribution in [3.63, 3.8) is 0 Å². The molecular formula is C21H26ClF2N3O2. The van der Waals surface area contributed by atoms with Crippen molar-refractivity contribution in [3.05, 3.63) is 63.9 Å². The minimum atomic E-state index is -0.466. The standard InChI is InChI=1S/C21H26ClF2N3O2/c1-14-9-15(11-19(22)20(14)24)10-16(21(28)26-29)5-3-4-8-27(2)13-18-7-6-17(23)12-25-18/h6-7,9,11-12,16,29H,3-5,8,10,13H2,1-2H3,(H,26,28)/t16-/m0/s1. The van der Waals surface area contributed by atoms with E-state index < -0.39 is 17.6 Å². The van der Waals surface area contributed by atoms with Crippen molar-refractivity contribution in [3.8, 4) is 0 Å². The van der Waals surface area contributed by atoms with Crippen molar-refractivity contribution in [2.75, 3.05) is 13.6 Å². The second-order valence-corrected chi connectivity index (χ2v) is 7.69. The number of halogens is 3. The molecule has 5 nitrogen and oxygen atoms in total. The van der Waals surface area contributed by atoms with Gasteiger partial charge in [-0.15, -0.1) is 0 Å². The molecule has 29 heavy (non-hydrogen) atoms. The largest absolute Gasteiger partial charge is 0.301 e. The second-order valence-electron chi connectivity index (χ2n) is 7.29. The zero-order valence-corrected chi connectivity index (χ0v) is 17.3. The van der Waals surface area contributed by atoms with Crippen molar-refractivity contribution in [2.24, 2.45) is 5.92 Å². The molecule has 1 aromatic carbocycles. The Hall–Kier alpha value is -2.09. The fraction of sp³-hybridized carbons (Fsp3) is 0.429. The molecule has 0 bridgehead atoms. The first-order chi connectivity index (χ1) is 13.8. The third-order valence-electron chi connectivity index (χ3n) is 4.80. The lowest BCUT2D eigenvalue weighted by Gasteiger charge is -2.18. The van der Waals surface area contributed by atoms with Crippen molar-refractivity contribution in [2.45, 2.75) is 39.2 Å². The maximum atomic E-state index is 13.7. The average molecular weight is 426 g/mol. The maximum absolute atomic E-state index is 13.7. The van der Waals surface area contributed by atoms with Crippen LogP contribution < -0.4 is 5.48 Å². The van der Waals surface area contributed by atoms with Crippen LogP contribution in [0, 0.1) is 24.5 Å². The van der Waals surface area contributed by atoms with Crippen LogP contribution in [-0.2, 0) is 17.8 Å². The summed E-state index contributed by atoms with van der Waals surface area (Å²) in [6.45, 7) is 3.01. The van der Waals surface area contributed by atoms with E-state index in [4.69, 9.17) is 16.8 Å². The van der Waals surface area contributed by atoms with Gasteiger partial charge in [-0.2, -0.15) is 0 Å². The number of nitrogens with one attached hydrogen (secondary N) is 1. The van der Waals surface area contributed by atoms with Gasteiger partial charge in [0, 0.05) is 12.5 Å². The molecule has 2 rings (SSSR count). The summed E-state index contributed by atoms with van der Waals surface area (Å²) in [5, 5.41) is 9.06. The Morgan fingerprint density at radius 3 is 2.69 bits per heavy atom. The third-order valence-corrected chi connectivity index (χ3v) is 5.07. The van der Waals surface area contributed by atoms with Crippen LogP contribution in [0.4, 0.5) is 8.78 Å². The SMILES string of the molecule is Cc1cc(C[C@H](CCCCN(C)Cc2ccc(F)cn2)C(=O)NO)cc(Cl)c1F. The Morgan fingerprint density at radius 2 is 2.07 bits per heavy atom. The number of nitrogens with zero attached hydrogens (tertiary/aromatic N) is 2. The Bertz CT molecular complexity index is 795. The molecule has 158 valence electrons. The van der Waals surface area contributed by atoms with Gasteiger partial charge in [-0.3, -0.25) is 15.0 Å². The van der Waals surface area contributed by atoms with Gasteiger partial charge in [0.05, 0.1) is 16.9 Å². The van der Waals surface area contributed by atoms with E-state index in [1.807, 2.05) is 7.05 Å². The zero-order valence-electron chi connectivity index (χ0n) is 16.6. The molecule has 2 aromatic rings.